The Bertz CT molecular complexity index is 1700. The van der Waals surface area contributed by atoms with Gasteiger partial charge in [-0.2, -0.15) is 0 Å². The van der Waals surface area contributed by atoms with Gasteiger partial charge in [-0.15, -0.1) is 21.5 Å². The molecule has 0 fully saturated rings. The van der Waals surface area contributed by atoms with E-state index >= 15 is 0 Å². The third-order valence-electron chi connectivity index (χ3n) is 5.72. The lowest BCUT2D eigenvalue weighted by molar-refractivity contribution is -0.113. The fourth-order valence-corrected chi connectivity index (χ4v) is 5.65. The molecule has 1 N–H and O–H groups in total. The average Bonchev–Trinajstić information content (AvgIpc) is 3.53. The van der Waals surface area contributed by atoms with E-state index in [-0.39, 0.29) is 17.5 Å². The molecular weight excluding hydrogens is 493 g/mol. The predicted molar refractivity (Wildman–Crippen MR) is 143 cm³/mol. The van der Waals surface area contributed by atoms with Crippen LogP contribution in [0.5, 0.6) is 0 Å². The summed E-state index contributed by atoms with van der Waals surface area (Å²) in [6.07, 6.45) is 1.67. The van der Waals surface area contributed by atoms with Crippen LogP contribution in [0.2, 0.25) is 0 Å². The number of anilines is 1. The number of fused-ring (bicyclic) bond motifs is 3. The Hall–Kier alpha value is -4.08. The van der Waals surface area contributed by atoms with Gasteiger partial charge in [-0.3, -0.25) is 9.20 Å². The fourth-order valence-electron chi connectivity index (χ4n) is 4.04. The molecule has 9 heteroatoms. The molecule has 6 aromatic rings. The van der Waals surface area contributed by atoms with Crippen LogP contribution in [0.4, 0.5) is 10.1 Å². The molecule has 0 aliphatic heterocycles. The van der Waals surface area contributed by atoms with Crippen LogP contribution in [0.3, 0.4) is 0 Å². The highest BCUT2D eigenvalue weighted by Gasteiger charge is 2.17. The molecule has 3 aromatic heterocycles. The number of thioether (sulfide) groups is 1. The zero-order valence-electron chi connectivity index (χ0n) is 18.8. The number of carbonyl (C=O) groups excluding carboxylic acids is 1. The summed E-state index contributed by atoms with van der Waals surface area (Å²) in [6, 6.07) is 24.0. The van der Waals surface area contributed by atoms with E-state index in [4.69, 9.17) is 0 Å². The van der Waals surface area contributed by atoms with Gasteiger partial charge < -0.3 is 5.32 Å². The summed E-state index contributed by atoms with van der Waals surface area (Å²) in [4.78, 5) is 18.2. The highest BCUT2D eigenvalue weighted by atomic mass is 32.2. The van der Waals surface area contributed by atoms with E-state index in [1.807, 2.05) is 60.0 Å². The first-order valence-electron chi connectivity index (χ1n) is 11.1. The minimum absolute atomic E-state index is 0.142. The zero-order valence-corrected chi connectivity index (χ0v) is 20.4. The largest absolute Gasteiger partial charge is 0.325 e. The van der Waals surface area contributed by atoms with Crippen LogP contribution in [-0.2, 0) is 4.79 Å². The van der Waals surface area contributed by atoms with Crippen molar-refractivity contribution >= 4 is 50.6 Å². The van der Waals surface area contributed by atoms with Gasteiger partial charge in [0, 0.05) is 22.2 Å². The molecule has 0 bridgehead atoms. The second-order valence-corrected chi connectivity index (χ2v) is 9.81. The highest BCUT2D eigenvalue weighted by Crippen LogP contribution is 2.36. The number of thiophene rings is 1. The van der Waals surface area contributed by atoms with Gasteiger partial charge in [-0.25, -0.2) is 9.37 Å². The summed E-state index contributed by atoms with van der Waals surface area (Å²) in [5.41, 5.74) is 5.21. The fraction of sp³-hybridized carbons (Fsp3) is 0.0370. The first-order chi connectivity index (χ1) is 17.7. The molecule has 0 unspecified atom stereocenters. The summed E-state index contributed by atoms with van der Waals surface area (Å²) in [7, 11) is 0. The van der Waals surface area contributed by atoms with Crippen molar-refractivity contribution in [2.75, 3.05) is 11.1 Å². The van der Waals surface area contributed by atoms with Crippen LogP contribution in [0.15, 0.2) is 95.7 Å². The van der Waals surface area contributed by atoms with Crippen LogP contribution < -0.4 is 5.32 Å². The summed E-state index contributed by atoms with van der Waals surface area (Å²) in [5, 5.41) is 15.1. The van der Waals surface area contributed by atoms with Crippen LogP contribution >= 0.6 is 23.1 Å². The van der Waals surface area contributed by atoms with E-state index in [9.17, 15) is 9.18 Å². The molecule has 0 saturated carbocycles. The minimum Gasteiger partial charge on any atom is -0.325 e. The summed E-state index contributed by atoms with van der Waals surface area (Å²) in [6.45, 7) is 0. The van der Waals surface area contributed by atoms with Crippen molar-refractivity contribution in [1.29, 1.82) is 0 Å². The normalized spacial score (nSPS) is 11.2. The molecule has 1 amide bonds. The second-order valence-electron chi connectivity index (χ2n) is 8.01. The molecule has 6 rings (SSSR count). The SMILES string of the molecule is O=C(CSc1nnc2c3c(-c4ccc(F)cc4)csc3ncn12)Nc1ccccc1-c1ccccc1. The van der Waals surface area contributed by atoms with E-state index in [2.05, 4.69) is 20.5 Å². The number of aromatic nitrogens is 4. The molecule has 3 aromatic carbocycles. The highest BCUT2D eigenvalue weighted by molar-refractivity contribution is 7.99. The first kappa shape index (κ1) is 22.4. The standard InChI is InChI=1S/C27H18FN5OS2/c28-19-12-10-18(11-13-19)21-14-35-26-24(21)25-31-32-27(33(25)16-29-26)36-15-23(34)30-22-9-5-4-8-20(22)17-6-2-1-3-7-17/h1-14,16H,15H2,(H,30,34). The monoisotopic (exact) mass is 511 g/mol. The number of rotatable bonds is 6. The molecular formula is C27H18FN5OS2. The third kappa shape index (κ3) is 4.23. The van der Waals surface area contributed by atoms with Gasteiger partial charge in [-0.1, -0.05) is 72.4 Å². The molecule has 0 aliphatic carbocycles. The summed E-state index contributed by atoms with van der Waals surface area (Å²) in [5.74, 6) is -0.264. The van der Waals surface area contributed by atoms with E-state index in [0.717, 1.165) is 38.2 Å². The first-order valence-corrected chi connectivity index (χ1v) is 13.0. The van der Waals surface area contributed by atoms with Crippen LogP contribution in [0.25, 0.3) is 38.1 Å². The van der Waals surface area contributed by atoms with Crippen molar-refractivity contribution in [3.8, 4) is 22.3 Å². The lowest BCUT2D eigenvalue weighted by atomic mass is 10.0. The topological polar surface area (TPSA) is 72.2 Å². The molecule has 36 heavy (non-hydrogen) atoms. The van der Waals surface area contributed by atoms with Crippen molar-refractivity contribution in [1.82, 2.24) is 19.6 Å². The lowest BCUT2D eigenvalue weighted by Gasteiger charge is -2.11. The number of carbonyl (C=O) groups is 1. The number of hydrogen-bond donors (Lipinski definition) is 1. The van der Waals surface area contributed by atoms with Gasteiger partial charge in [0.05, 0.1) is 11.1 Å². The Kier molecular flexibility index (Phi) is 5.92. The summed E-state index contributed by atoms with van der Waals surface area (Å²) >= 11 is 2.79. The molecule has 0 radical (unpaired) electrons. The van der Waals surface area contributed by atoms with Crippen LogP contribution in [0.1, 0.15) is 0 Å². The number of amides is 1. The second kappa shape index (κ2) is 9.52. The quantitative estimate of drug-likeness (QED) is 0.257. The summed E-state index contributed by atoms with van der Waals surface area (Å²) < 4.78 is 15.2. The Morgan fingerprint density at radius 2 is 1.67 bits per heavy atom. The number of nitrogens with one attached hydrogen (secondary N) is 1. The number of halogens is 1. The van der Waals surface area contributed by atoms with Crippen molar-refractivity contribution in [3.63, 3.8) is 0 Å². The smallest absolute Gasteiger partial charge is 0.234 e. The van der Waals surface area contributed by atoms with Gasteiger partial charge in [-0.05, 0) is 29.3 Å². The minimum atomic E-state index is -0.285. The molecule has 176 valence electrons. The van der Waals surface area contributed by atoms with Gasteiger partial charge in [0.1, 0.15) is 17.0 Å². The average molecular weight is 512 g/mol. The van der Waals surface area contributed by atoms with Gasteiger partial charge >= 0.3 is 0 Å². The Balaban J connectivity index is 1.24. The number of hydrogen-bond acceptors (Lipinski definition) is 6. The van der Waals surface area contributed by atoms with Crippen molar-refractivity contribution in [2.45, 2.75) is 5.16 Å². The Morgan fingerprint density at radius 3 is 2.50 bits per heavy atom. The van der Waals surface area contributed by atoms with Crippen molar-refractivity contribution in [2.24, 2.45) is 0 Å². The van der Waals surface area contributed by atoms with E-state index in [1.165, 1.54) is 35.2 Å². The number of nitrogens with zero attached hydrogens (tertiary/aromatic N) is 4. The third-order valence-corrected chi connectivity index (χ3v) is 7.55. The molecule has 0 atom stereocenters. The van der Waals surface area contributed by atoms with E-state index in [1.54, 1.807) is 22.9 Å². The molecule has 0 aliphatic rings. The van der Waals surface area contributed by atoms with Gasteiger partial charge in [0.15, 0.2) is 10.8 Å². The maximum atomic E-state index is 13.4. The van der Waals surface area contributed by atoms with Crippen molar-refractivity contribution in [3.05, 3.63) is 96.4 Å². The van der Waals surface area contributed by atoms with Crippen LogP contribution in [-0.4, -0.2) is 31.2 Å². The molecule has 0 spiro atoms. The maximum absolute atomic E-state index is 13.4. The Labute approximate surface area is 213 Å². The van der Waals surface area contributed by atoms with E-state index in [0.29, 0.717) is 10.8 Å². The number of para-hydroxylation sites is 1. The van der Waals surface area contributed by atoms with Gasteiger partial charge in [0.2, 0.25) is 5.91 Å². The van der Waals surface area contributed by atoms with Gasteiger partial charge in [0.25, 0.3) is 0 Å². The Morgan fingerprint density at radius 1 is 0.917 bits per heavy atom. The predicted octanol–water partition coefficient (Wildman–Crippen LogP) is 6.54. The van der Waals surface area contributed by atoms with Crippen LogP contribution in [0, 0.1) is 5.82 Å². The van der Waals surface area contributed by atoms with Crippen molar-refractivity contribution < 1.29 is 9.18 Å². The maximum Gasteiger partial charge on any atom is 0.234 e. The molecule has 3 heterocycles. The van der Waals surface area contributed by atoms with E-state index < -0.39 is 0 Å². The molecule has 6 nitrogen and oxygen atoms in total. The molecule has 0 saturated heterocycles. The zero-order chi connectivity index (χ0) is 24.5. The number of benzene rings is 3. The lowest BCUT2D eigenvalue weighted by Crippen LogP contribution is -2.15.